The smallest absolute Gasteiger partial charge is 0.248 e. The van der Waals surface area contributed by atoms with Crippen molar-refractivity contribution in [3.8, 4) is 11.5 Å². The molecule has 0 atom stereocenters. The molecule has 26 heavy (non-hydrogen) atoms. The molecule has 0 saturated carbocycles. The van der Waals surface area contributed by atoms with Crippen molar-refractivity contribution >= 4 is 23.4 Å². The highest BCUT2D eigenvalue weighted by Crippen LogP contribution is 2.28. The van der Waals surface area contributed by atoms with Gasteiger partial charge in [-0.2, -0.15) is 0 Å². The van der Waals surface area contributed by atoms with Gasteiger partial charge in [0.1, 0.15) is 0 Å². The third-order valence-corrected chi connectivity index (χ3v) is 4.10. The van der Waals surface area contributed by atoms with Crippen molar-refractivity contribution in [1.82, 2.24) is 0 Å². The zero-order valence-corrected chi connectivity index (χ0v) is 15.8. The molecule has 2 aromatic carbocycles. The molecule has 0 saturated heterocycles. The Kier molecular flexibility index (Phi) is 7.09. The van der Waals surface area contributed by atoms with E-state index in [1.54, 1.807) is 20.3 Å². The summed E-state index contributed by atoms with van der Waals surface area (Å²) in [4.78, 5) is 14.4. The van der Waals surface area contributed by atoms with E-state index in [-0.39, 0.29) is 5.91 Å². The number of amides is 1. The Labute approximate surface area is 155 Å². The molecule has 0 aliphatic carbocycles. The quantitative estimate of drug-likeness (QED) is 0.722. The SMILES string of the molecule is CCN(CC)c1ccc(NC(=O)C=Cc2ccc(OC)c(OC)c2)cc1. The van der Waals surface area contributed by atoms with Gasteiger partial charge >= 0.3 is 0 Å². The highest BCUT2D eigenvalue weighted by atomic mass is 16.5. The predicted molar refractivity (Wildman–Crippen MR) is 107 cm³/mol. The number of benzene rings is 2. The number of anilines is 2. The fraction of sp³-hybridized carbons (Fsp3) is 0.286. The molecule has 0 fully saturated rings. The van der Waals surface area contributed by atoms with E-state index in [0.717, 1.165) is 30.0 Å². The number of carbonyl (C=O) groups is 1. The second kappa shape index (κ2) is 9.51. The second-order valence-corrected chi connectivity index (χ2v) is 5.66. The summed E-state index contributed by atoms with van der Waals surface area (Å²) in [6, 6.07) is 13.3. The van der Waals surface area contributed by atoms with Gasteiger partial charge < -0.3 is 19.7 Å². The van der Waals surface area contributed by atoms with Crippen LogP contribution in [-0.4, -0.2) is 33.2 Å². The molecule has 5 heteroatoms. The van der Waals surface area contributed by atoms with Crippen molar-refractivity contribution in [3.05, 3.63) is 54.1 Å². The van der Waals surface area contributed by atoms with E-state index in [9.17, 15) is 4.79 Å². The number of methoxy groups -OCH3 is 2. The third kappa shape index (κ3) is 5.02. The van der Waals surface area contributed by atoms with Crippen molar-refractivity contribution in [3.63, 3.8) is 0 Å². The second-order valence-electron chi connectivity index (χ2n) is 5.66. The van der Waals surface area contributed by atoms with Crippen molar-refractivity contribution in [2.24, 2.45) is 0 Å². The van der Waals surface area contributed by atoms with Crippen LogP contribution in [0.4, 0.5) is 11.4 Å². The molecule has 138 valence electrons. The third-order valence-electron chi connectivity index (χ3n) is 4.10. The van der Waals surface area contributed by atoms with Gasteiger partial charge in [-0.15, -0.1) is 0 Å². The molecule has 0 aliphatic heterocycles. The van der Waals surface area contributed by atoms with E-state index in [1.807, 2.05) is 42.5 Å². The van der Waals surface area contributed by atoms with Crippen LogP contribution in [0.2, 0.25) is 0 Å². The zero-order chi connectivity index (χ0) is 18.9. The van der Waals surface area contributed by atoms with Crippen LogP contribution in [-0.2, 0) is 4.79 Å². The maximum atomic E-state index is 12.1. The number of rotatable bonds is 8. The number of nitrogens with zero attached hydrogens (tertiary/aromatic N) is 1. The molecule has 0 unspecified atom stereocenters. The summed E-state index contributed by atoms with van der Waals surface area (Å²) < 4.78 is 10.5. The average Bonchev–Trinajstić information content (AvgIpc) is 2.68. The first-order valence-electron chi connectivity index (χ1n) is 8.67. The van der Waals surface area contributed by atoms with Crippen LogP contribution in [0.15, 0.2) is 48.5 Å². The first-order valence-corrected chi connectivity index (χ1v) is 8.67. The van der Waals surface area contributed by atoms with Crippen LogP contribution in [0.1, 0.15) is 19.4 Å². The molecule has 0 spiro atoms. The molecule has 2 rings (SSSR count). The molecule has 0 heterocycles. The first-order chi connectivity index (χ1) is 12.6. The monoisotopic (exact) mass is 354 g/mol. The van der Waals surface area contributed by atoms with Crippen molar-refractivity contribution < 1.29 is 14.3 Å². The summed E-state index contributed by atoms with van der Waals surface area (Å²) in [7, 11) is 3.17. The van der Waals surface area contributed by atoms with Crippen LogP contribution in [0.3, 0.4) is 0 Å². The van der Waals surface area contributed by atoms with Gasteiger partial charge in [0.05, 0.1) is 14.2 Å². The van der Waals surface area contributed by atoms with Crippen LogP contribution < -0.4 is 19.7 Å². The molecular weight excluding hydrogens is 328 g/mol. The summed E-state index contributed by atoms with van der Waals surface area (Å²) in [6.45, 7) is 6.16. The number of ether oxygens (including phenoxy) is 2. The highest BCUT2D eigenvalue weighted by Gasteiger charge is 2.04. The topological polar surface area (TPSA) is 50.8 Å². The minimum Gasteiger partial charge on any atom is -0.493 e. The van der Waals surface area contributed by atoms with Crippen LogP contribution in [0.5, 0.6) is 11.5 Å². The van der Waals surface area contributed by atoms with Crippen LogP contribution in [0.25, 0.3) is 6.08 Å². The minimum absolute atomic E-state index is 0.185. The normalized spacial score (nSPS) is 10.6. The largest absolute Gasteiger partial charge is 0.493 e. The lowest BCUT2D eigenvalue weighted by atomic mass is 10.2. The van der Waals surface area contributed by atoms with Gasteiger partial charge in [0, 0.05) is 30.5 Å². The number of hydrogen-bond donors (Lipinski definition) is 1. The van der Waals surface area contributed by atoms with Crippen LogP contribution >= 0.6 is 0 Å². The fourth-order valence-corrected chi connectivity index (χ4v) is 2.66. The van der Waals surface area contributed by atoms with E-state index in [4.69, 9.17) is 9.47 Å². The summed E-state index contributed by atoms with van der Waals surface area (Å²) in [5, 5.41) is 2.87. The number of nitrogens with one attached hydrogen (secondary N) is 1. The van der Waals surface area contributed by atoms with E-state index in [0.29, 0.717) is 11.5 Å². The predicted octanol–water partition coefficient (Wildman–Crippen LogP) is 4.20. The van der Waals surface area contributed by atoms with E-state index >= 15 is 0 Å². The van der Waals surface area contributed by atoms with E-state index in [2.05, 4.69) is 24.1 Å². The van der Waals surface area contributed by atoms with Gasteiger partial charge in [-0.05, 0) is 61.9 Å². The maximum absolute atomic E-state index is 12.1. The summed E-state index contributed by atoms with van der Waals surface area (Å²) in [5.41, 5.74) is 2.77. The average molecular weight is 354 g/mol. The maximum Gasteiger partial charge on any atom is 0.248 e. The van der Waals surface area contributed by atoms with Gasteiger partial charge in [0.2, 0.25) is 5.91 Å². The molecular formula is C21H26N2O3. The van der Waals surface area contributed by atoms with Crippen LogP contribution in [0, 0.1) is 0 Å². The minimum atomic E-state index is -0.185. The van der Waals surface area contributed by atoms with E-state index in [1.165, 1.54) is 6.08 Å². The van der Waals surface area contributed by atoms with Crippen molar-refractivity contribution in [2.75, 3.05) is 37.5 Å². The van der Waals surface area contributed by atoms with Crippen molar-refractivity contribution in [1.29, 1.82) is 0 Å². The highest BCUT2D eigenvalue weighted by molar-refractivity contribution is 6.02. The molecule has 1 N–H and O–H groups in total. The van der Waals surface area contributed by atoms with Gasteiger partial charge in [-0.1, -0.05) is 6.07 Å². The van der Waals surface area contributed by atoms with Gasteiger partial charge in [0.15, 0.2) is 11.5 Å². The fourth-order valence-electron chi connectivity index (χ4n) is 2.66. The molecule has 0 aliphatic rings. The Hall–Kier alpha value is -2.95. The molecule has 1 amide bonds. The standard InChI is InChI=1S/C21H26N2O3/c1-5-23(6-2)18-11-9-17(10-12-18)22-21(24)14-8-16-7-13-19(25-3)20(15-16)26-4/h7-15H,5-6H2,1-4H3,(H,22,24). The lowest BCUT2D eigenvalue weighted by Gasteiger charge is -2.21. The molecule has 2 aromatic rings. The van der Waals surface area contributed by atoms with E-state index < -0.39 is 0 Å². The molecule has 0 radical (unpaired) electrons. The molecule has 5 nitrogen and oxygen atoms in total. The van der Waals surface area contributed by atoms with Crippen molar-refractivity contribution in [2.45, 2.75) is 13.8 Å². The lowest BCUT2D eigenvalue weighted by molar-refractivity contribution is -0.111. The Morgan fingerprint density at radius 1 is 1.00 bits per heavy atom. The summed E-state index contributed by atoms with van der Waals surface area (Å²) in [5.74, 6) is 1.10. The van der Waals surface area contributed by atoms with Gasteiger partial charge in [-0.25, -0.2) is 0 Å². The Morgan fingerprint density at radius 3 is 2.23 bits per heavy atom. The zero-order valence-electron chi connectivity index (χ0n) is 15.8. The molecule has 0 aromatic heterocycles. The summed E-state index contributed by atoms with van der Waals surface area (Å²) >= 11 is 0. The number of hydrogen-bond acceptors (Lipinski definition) is 4. The first kappa shape index (κ1) is 19.4. The Bertz CT molecular complexity index is 750. The van der Waals surface area contributed by atoms with Gasteiger partial charge in [0.25, 0.3) is 0 Å². The summed E-state index contributed by atoms with van der Waals surface area (Å²) in [6.07, 6.45) is 3.24. The Morgan fingerprint density at radius 2 is 1.65 bits per heavy atom. The molecule has 0 bridgehead atoms. The van der Waals surface area contributed by atoms with Gasteiger partial charge in [-0.3, -0.25) is 4.79 Å². The lowest BCUT2D eigenvalue weighted by Crippen LogP contribution is -2.21. The Balaban J connectivity index is 2.01. The number of carbonyl (C=O) groups excluding carboxylic acids is 1.